The Morgan fingerprint density at radius 3 is 2.63 bits per heavy atom. The molecule has 4 rings (SSSR count). The molecule has 3 heterocycles. The molecule has 0 saturated carbocycles. The van der Waals surface area contributed by atoms with Gasteiger partial charge in [-0.15, -0.1) is 0 Å². The summed E-state index contributed by atoms with van der Waals surface area (Å²) >= 11 is 0. The number of nitrogens with one attached hydrogen (secondary N) is 1. The zero-order valence-electron chi connectivity index (χ0n) is 14.8. The van der Waals surface area contributed by atoms with Gasteiger partial charge in [-0.1, -0.05) is 6.07 Å². The number of nitrogens with zero attached hydrogens (tertiary/aromatic N) is 3. The number of pyridine rings is 1. The number of fused-ring (bicyclic) bond motifs is 1. The van der Waals surface area contributed by atoms with Crippen LogP contribution in [0, 0.1) is 0 Å². The maximum atomic E-state index is 13.0. The van der Waals surface area contributed by atoms with Gasteiger partial charge in [-0.05, 0) is 37.3 Å². The number of piperazine rings is 1. The number of anilines is 2. The maximum absolute atomic E-state index is 13.0. The van der Waals surface area contributed by atoms with Crippen LogP contribution in [-0.4, -0.2) is 55.9 Å². The number of carbonyl (C=O) groups excluding carboxylic acids is 1. The number of ether oxygens (including phenoxy) is 1. The SMILES string of the molecule is CC1Oc2ccc(S(=O)(=O)N3CCN(c4ccccn4)CC3)cc2NC1=O. The Balaban J connectivity index is 1.51. The molecular formula is C18H20N4O4S. The van der Waals surface area contributed by atoms with Crippen molar-refractivity contribution in [1.82, 2.24) is 9.29 Å². The van der Waals surface area contributed by atoms with Gasteiger partial charge in [-0.3, -0.25) is 4.79 Å². The van der Waals surface area contributed by atoms with Gasteiger partial charge in [0.1, 0.15) is 11.6 Å². The molecule has 8 nitrogen and oxygen atoms in total. The van der Waals surface area contributed by atoms with Crippen LogP contribution >= 0.6 is 0 Å². The Morgan fingerprint density at radius 2 is 1.93 bits per heavy atom. The van der Waals surface area contributed by atoms with Crippen molar-refractivity contribution in [3.8, 4) is 5.75 Å². The second kappa shape index (κ2) is 6.82. The maximum Gasteiger partial charge on any atom is 0.265 e. The van der Waals surface area contributed by atoms with E-state index in [0.717, 1.165) is 5.82 Å². The largest absolute Gasteiger partial charge is 0.479 e. The fraction of sp³-hybridized carbons (Fsp3) is 0.333. The fourth-order valence-electron chi connectivity index (χ4n) is 3.20. The first kappa shape index (κ1) is 17.7. The summed E-state index contributed by atoms with van der Waals surface area (Å²) in [7, 11) is -3.65. The summed E-state index contributed by atoms with van der Waals surface area (Å²) < 4.78 is 32.9. The Hall–Kier alpha value is -2.65. The highest BCUT2D eigenvalue weighted by Crippen LogP contribution is 2.33. The van der Waals surface area contributed by atoms with Crippen LogP contribution < -0.4 is 15.0 Å². The van der Waals surface area contributed by atoms with Crippen LogP contribution in [0.3, 0.4) is 0 Å². The Kier molecular flexibility index (Phi) is 4.48. The highest BCUT2D eigenvalue weighted by atomic mass is 32.2. The van der Waals surface area contributed by atoms with Gasteiger partial charge < -0.3 is 15.0 Å². The molecule has 1 atom stereocenters. The second-order valence-corrected chi connectivity index (χ2v) is 8.42. The summed E-state index contributed by atoms with van der Waals surface area (Å²) in [5.74, 6) is 1.03. The number of hydrogen-bond acceptors (Lipinski definition) is 6. The van der Waals surface area contributed by atoms with Crippen LogP contribution in [0.15, 0.2) is 47.5 Å². The van der Waals surface area contributed by atoms with Gasteiger partial charge in [0.2, 0.25) is 10.0 Å². The molecule has 9 heteroatoms. The summed E-state index contributed by atoms with van der Waals surface area (Å²) in [4.78, 5) is 18.3. The molecule has 2 aliphatic heterocycles. The van der Waals surface area contributed by atoms with Gasteiger partial charge in [0.15, 0.2) is 6.10 Å². The van der Waals surface area contributed by atoms with E-state index < -0.39 is 16.1 Å². The third kappa shape index (κ3) is 3.35. The van der Waals surface area contributed by atoms with E-state index in [4.69, 9.17) is 4.74 Å². The molecule has 27 heavy (non-hydrogen) atoms. The lowest BCUT2D eigenvalue weighted by molar-refractivity contribution is -0.122. The molecule has 2 aromatic rings. The zero-order valence-corrected chi connectivity index (χ0v) is 15.6. The first-order valence-corrected chi connectivity index (χ1v) is 10.2. The lowest BCUT2D eigenvalue weighted by Crippen LogP contribution is -2.48. The van der Waals surface area contributed by atoms with Crippen LogP contribution in [0.25, 0.3) is 0 Å². The van der Waals surface area contributed by atoms with Crippen molar-refractivity contribution < 1.29 is 17.9 Å². The van der Waals surface area contributed by atoms with Crippen LogP contribution in [-0.2, 0) is 14.8 Å². The van der Waals surface area contributed by atoms with Gasteiger partial charge in [-0.25, -0.2) is 13.4 Å². The number of sulfonamides is 1. The summed E-state index contributed by atoms with van der Waals surface area (Å²) in [6.07, 6.45) is 1.13. The van der Waals surface area contributed by atoms with E-state index in [1.807, 2.05) is 18.2 Å². The first-order valence-electron chi connectivity index (χ1n) is 8.73. The molecule has 1 unspecified atom stereocenters. The van der Waals surface area contributed by atoms with Gasteiger partial charge >= 0.3 is 0 Å². The summed E-state index contributed by atoms with van der Waals surface area (Å²) in [5.41, 5.74) is 0.381. The highest BCUT2D eigenvalue weighted by Gasteiger charge is 2.31. The second-order valence-electron chi connectivity index (χ2n) is 6.49. The van der Waals surface area contributed by atoms with Crippen molar-refractivity contribution >= 4 is 27.4 Å². The minimum Gasteiger partial charge on any atom is -0.479 e. The Labute approximate surface area is 157 Å². The van der Waals surface area contributed by atoms with Crippen molar-refractivity contribution in [2.45, 2.75) is 17.9 Å². The van der Waals surface area contributed by atoms with Crippen molar-refractivity contribution in [2.24, 2.45) is 0 Å². The third-order valence-corrected chi connectivity index (χ3v) is 6.63. The molecule has 1 fully saturated rings. The van der Waals surface area contributed by atoms with E-state index in [0.29, 0.717) is 37.6 Å². The highest BCUT2D eigenvalue weighted by molar-refractivity contribution is 7.89. The molecule has 2 aliphatic rings. The van der Waals surface area contributed by atoms with Crippen molar-refractivity contribution in [3.05, 3.63) is 42.6 Å². The number of rotatable bonds is 3. The number of aromatic nitrogens is 1. The van der Waals surface area contributed by atoms with Crippen LogP contribution in [0.5, 0.6) is 5.75 Å². The number of hydrogen-bond donors (Lipinski definition) is 1. The van der Waals surface area contributed by atoms with E-state index in [1.165, 1.54) is 16.4 Å². The van der Waals surface area contributed by atoms with E-state index in [2.05, 4.69) is 15.2 Å². The molecule has 0 spiro atoms. The predicted molar refractivity (Wildman–Crippen MR) is 100 cm³/mol. The lowest BCUT2D eigenvalue weighted by atomic mass is 10.2. The zero-order chi connectivity index (χ0) is 19.0. The Morgan fingerprint density at radius 1 is 1.15 bits per heavy atom. The molecule has 1 amide bonds. The number of carbonyl (C=O) groups is 1. The van der Waals surface area contributed by atoms with Crippen LogP contribution in [0.1, 0.15) is 6.92 Å². The van der Waals surface area contributed by atoms with Crippen molar-refractivity contribution in [2.75, 3.05) is 36.4 Å². The van der Waals surface area contributed by atoms with Gasteiger partial charge in [0.05, 0.1) is 10.6 Å². The van der Waals surface area contributed by atoms with E-state index >= 15 is 0 Å². The molecule has 0 radical (unpaired) electrons. The predicted octanol–water partition coefficient (Wildman–Crippen LogP) is 1.31. The molecule has 1 saturated heterocycles. The number of amides is 1. The average molecular weight is 388 g/mol. The smallest absolute Gasteiger partial charge is 0.265 e. The summed E-state index contributed by atoms with van der Waals surface area (Å²) in [6.45, 7) is 3.52. The lowest BCUT2D eigenvalue weighted by Gasteiger charge is -2.34. The van der Waals surface area contributed by atoms with Gasteiger partial charge in [0, 0.05) is 32.4 Å². The Bertz CT molecular complexity index is 957. The van der Waals surface area contributed by atoms with E-state index in [1.54, 1.807) is 19.2 Å². The molecule has 0 aliphatic carbocycles. The molecule has 1 aromatic heterocycles. The molecular weight excluding hydrogens is 368 g/mol. The fourth-order valence-corrected chi connectivity index (χ4v) is 4.64. The molecule has 1 N–H and O–H groups in total. The summed E-state index contributed by atoms with van der Waals surface area (Å²) in [5, 5.41) is 2.69. The van der Waals surface area contributed by atoms with Gasteiger partial charge in [0.25, 0.3) is 5.91 Å². The van der Waals surface area contributed by atoms with Gasteiger partial charge in [-0.2, -0.15) is 4.31 Å². The van der Waals surface area contributed by atoms with Crippen LogP contribution in [0.4, 0.5) is 11.5 Å². The molecule has 142 valence electrons. The van der Waals surface area contributed by atoms with Crippen molar-refractivity contribution in [3.63, 3.8) is 0 Å². The van der Waals surface area contributed by atoms with E-state index in [-0.39, 0.29) is 10.8 Å². The quantitative estimate of drug-likeness (QED) is 0.853. The normalized spacial score (nSPS) is 20.6. The minimum atomic E-state index is -3.65. The van der Waals surface area contributed by atoms with E-state index in [9.17, 15) is 13.2 Å². The molecule has 1 aromatic carbocycles. The standard InChI is InChI=1S/C18H20N4O4S/c1-13-18(23)20-15-12-14(5-6-16(15)26-13)27(24,25)22-10-8-21(9-11-22)17-4-2-3-7-19-17/h2-7,12-13H,8-11H2,1H3,(H,20,23). The first-order chi connectivity index (χ1) is 12.9. The van der Waals surface area contributed by atoms with Crippen LogP contribution in [0.2, 0.25) is 0 Å². The average Bonchev–Trinajstić information content (AvgIpc) is 2.69. The number of benzene rings is 1. The van der Waals surface area contributed by atoms with Crippen molar-refractivity contribution in [1.29, 1.82) is 0 Å². The monoisotopic (exact) mass is 388 g/mol. The topological polar surface area (TPSA) is 91.8 Å². The summed E-state index contributed by atoms with van der Waals surface area (Å²) in [6, 6.07) is 10.2. The minimum absolute atomic E-state index is 0.144. The third-order valence-electron chi connectivity index (χ3n) is 4.73. The molecule has 0 bridgehead atoms.